The Morgan fingerprint density at radius 2 is 1.59 bits per heavy atom. The van der Waals surface area contributed by atoms with Crippen LogP contribution in [0.15, 0.2) is 47.4 Å². The van der Waals surface area contributed by atoms with Crippen molar-refractivity contribution >= 4 is 15.9 Å². The summed E-state index contributed by atoms with van der Waals surface area (Å²) in [6.07, 6.45) is 1.20. The van der Waals surface area contributed by atoms with Gasteiger partial charge in [0.15, 0.2) is 0 Å². The minimum absolute atomic E-state index is 0.128. The summed E-state index contributed by atoms with van der Waals surface area (Å²) in [6.45, 7) is 11.2. The van der Waals surface area contributed by atoms with Crippen molar-refractivity contribution < 1.29 is 13.2 Å². The average molecular weight is 458 g/mol. The Morgan fingerprint density at radius 1 is 1.00 bits per heavy atom. The SMILES string of the molecule is CCCC(NS(=O)(=O)c1c(C)cc(C)cc1C)C(=O)N1CCN(Cc2ccccc2)CC1. The molecule has 7 heteroatoms. The molecular formula is C25H35N3O3S. The van der Waals surface area contributed by atoms with Crippen LogP contribution in [0.3, 0.4) is 0 Å². The number of amides is 1. The molecule has 1 aliphatic heterocycles. The van der Waals surface area contributed by atoms with Gasteiger partial charge in [-0.2, -0.15) is 4.72 Å². The zero-order valence-electron chi connectivity index (χ0n) is 19.6. The summed E-state index contributed by atoms with van der Waals surface area (Å²) in [5.74, 6) is -0.128. The molecule has 1 aliphatic rings. The molecule has 174 valence electrons. The van der Waals surface area contributed by atoms with Crippen LogP contribution in [0.2, 0.25) is 0 Å². The molecule has 0 aliphatic carbocycles. The van der Waals surface area contributed by atoms with E-state index in [-0.39, 0.29) is 10.8 Å². The van der Waals surface area contributed by atoms with Crippen molar-refractivity contribution in [2.24, 2.45) is 0 Å². The topological polar surface area (TPSA) is 69.7 Å². The number of hydrogen-bond donors (Lipinski definition) is 1. The largest absolute Gasteiger partial charge is 0.339 e. The van der Waals surface area contributed by atoms with Crippen molar-refractivity contribution in [3.05, 3.63) is 64.7 Å². The Bertz CT molecular complexity index is 1010. The number of benzene rings is 2. The molecule has 1 heterocycles. The lowest BCUT2D eigenvalue weighted by molar-refractivity contribution is -0.135. The molecule has 6 nitrogen and oxygen atoms in total. The highest BCUT2D eigenvalue weighted by Gasteiger charge is 2.31. The highest BCUT2D eigenvalue weighted by atomic mass is 32.2. The van der Waals surface area contributed by atoms with Crippen LogP contribution in [0, 0.1) is 20.8 Å². The van der Waals surface area contributed by atoms with E-state index < -0.39 is 16.1 Å². The number of piperazine rings is 1. The van der Waals surface area contributed by atoms with Crippen LogP contribution in [0.5, 0.6) is 0 Å². The van der Waals surface area contributed by atoms with E-state index in [0.29, 0.717) is 30.6 Å². The highest BCUT2D eigenvalue weighted by Crippen LogP contribution is 2.22. The van der Waals surface area contributed by atoms with Gasteiger partial charge in [-0.15, -0.1) is 0 Å². The number of carbonyl (C=O) groups is 1. The van der Waals surface area contributed by atoms with Crippen LogP contribution in [0.25, 0.3) is 0 Å². The summed E-state index contributed by atoms with van der Waals surface area (Å²) >= 11 is 0. The number of sulfonamides is 1. The first-order valence-electron chi connectivity index (χ1n) is 11.4. The molecule has 0 spiro atoms. The number of carbonyl (C=O) groups excluding carboxylic acids is 1. The summed E-state index contributed by atoms with van der Waals surface area (Å²) in [6, 6.07) is 13.3. The minimum atomic E-state index is -3.80. The van der Waals surface area contributed by atoms with Crippen molar-refractivity contribution in [1.29, 1.82) is 0 Å². The molecule has 1 N–H and O–H groups in total. The fraction of sp³-hybridized carbons (Fsp3) is 0.480. The molecule has 1 atom stereocenters. The molecule has 1 fully saturated rings. The number of rotatable bonds is 8. The molecule has 0 saturated carbocycles. The quantitative estimate of drug-likeness (QED) is 0.660. The number of hydrogen-bond acceptors (Lipinski definition) is 4. The van der Waals surface area contributed by atoms with Crippen LogP contribution in [0.1, 0.15) is 42.0 Å². The molecule has 1 amide bonds. The van der Waals surface area contributed by atoms with Gasteiger partial charge in [-0.05, 0) is 43.9 Å². The zero-order chi connectivity index (χ0) is 23.3. The van der Waals surface area contributed by atoms with E-state index in [1.807, 2.05) is 44.2 Å². The van der Waals surface area contributed by atoms with Gasteiger partial charge in [0.2, 0.25) is 15.9 Å². The van der Waals surface area contributed by atoms with Crippen LogP contribution in [-0.2, 0) is 21.4 Å². The number of nitrogens with one attached hydrogen (secondary N) is 1. The lowest BCUT2D eigenvalue weighted by Gasteiger charge is -2.36. The number of aryl methyl sites for hydroxylation is 3. The van der Waals surface area contributed by atoms with E-state index in [1.165, 1.54) is 5.56 Å². The third-order valence-electron chi connectivity index (χ3n) is 5.98. The second-order valence-electron chi connectivity index (χ2n) is 8.78. The molecule has 0 bridgehead atoms. The predicted molar refractivity (Wildman–Crippen MR) is 128 cm³/mol. The van der Waals surface area contributed by atoms with E-state index >= 15 is 0 Å². The predicted octanol–water partition coefficient (Wildman–Crippen LogP) is 3.40. The summed E-state index contributed by atoms with van der Waals surface area (Å²) in [7, 11) is -3.80. The molecule has 3 rings (SSSR count). The maximum absolute atomic E-state index is 13.3. The summed E-state index contributed by atoms with van der Waals surface area (Å²) in [5.41, 5.74) is 3.68. The van der Waals surface area contributed by atoms with Gasteiger partial charge in [0, 0.05) is 32.7 Å². The molecule has 1 unspecified atom stereocenters. The average Bonchev–Trinajstić information content (AvgIpc) is 2.73. The lowest BCUT2D eigenvalue weighted by atomic mass is 10.1. The summed E-state index contributed by atoms with van der Waals surface area (Å²) < 4.78 is 29.2. The second kappa shape index (κ2) is 10.6. The van der Waals surface area contributed by atoms with Gasteiger partial charge in [-0.3, -0.25) is 9.69 Å². The van der Waals surface area contributed by atoms with Crippen LogP contribution in [-0.4, -0.2) is 56.3 Å². The van der Waals surface area contributed by atoms with Gasteiger partial charge in [0.1, 0.15) is 6.04 Å². The number of nitrogens with zero attached hydrogens (tertiary/aromatic N) is 2. The fourth-order valence-electron chi connectivity index (χ4n) is 4.55. The Labute approximate surface area is 192 Å². The van der Waals surface area contributed by atoms with Crippen LogP contribution in [0.4, 0.5) is 0 Å². The summed E-state index contributed by atoms with van der Waals surface area (Å²) in [4.78, 5) is 17.7. The summed E-state index contributed by atoms with van der Waals surface area (Å²) in [5, 5.41) is 0. The molecule has 2 aromatic rings. The third-order valence-corrected chi connectivity index (χ3v) is 7.76. The Morgan fingerprint density at radius 3 is 2.16 bits per heavy atom. The van der Waals surface area contributed by atoms with E-state index in [9.17, 15) is 13.2 Å². The molecular weight excluding hydrogens is 422 g/mol. The van der Waals surface area contributed by atoms with Crippen LogP contribution >= 0.6 is 0 Å². The van der Waals surface area contributed by atoms with Crippen molar-refractivity contribution in [1.82, 2.24) is 14.5 Å². The highest BCUT2D eigenvalue weighted by molar-refractivity contribution is 7.89. The lowest BCUT2D eigenvalue weighted by Crippen LogP contribution is -2.54. The Hall–Kier alpha value is -2.22. The van der Waals surface area contributed by atoms with Gasteiger partial charge in [0.25, 0.3) is 0 Å². The first-order chi connectivity index (χ1) is 15.2. The smallest absolute Gasteiger partial charge is 0.241 e. The van der Waals surface area contributed by atoms with E-state index in [1.54, 1.807) is 18.7 Å². The van der Waals surface area contributed by atoms with Gasteiger partial charge in [-0.1, -0.05) is 61.4 Å². The van der Waals surface area contributed by atoms with E-state index in [0.717, 1.165) is 31.6 Å². The van der Waals surface area contributed by atoms with Crippen molar-refractivity contribution in [2.45, 2.75) is 58.0 Å². The first-order valence-corrected chi connectivity index (χ1v) is 12.8. The Balaban J connectivity index is 1.67. The van der Waals surface area contributed by atoms with E-state index in [2.05, 4.69) is 21.8 Å². The minimum Gasteiger partial charge on any atom is -0.339 e. The molecule has 32 heavy (non-hydrogen) atoms. The maximum atomic E-state index is 13.3. The zero-order valence-corrected chi connectivity index (χ0v) is 20.4. The van der Waals surface area contributed by atoms with Crippen molar-refractivity contribution in [3.63, 3.8) is 0 Å². The van der Waals surface area contributed by atoms with Gasteiger partial charge < -0.3 is 4.90 Å². The molecule has 0 radical (unpaired) electrons. The van der Waals surface area contributed by atoms with Gasteiger partial charge in [0.05, 0.1) is 4.90 Å². The monoisotopic (exact) mass is 457 g/mol. The van der Waals surface area contributed by atoms with Crippen molar-refractivity contribution in [3.8, 4) is 0 Å². The maximum Gasteiger partial charge on any atom is 0.241 e. The molecule has 1 saturated heterocycles. The van der Waals surface area contributed by atoms with E-state index in [4.69, 9.17) is 0 Å². The normalized spacial score (nSPS) is 16.2. The van der Waals surface area contributed by atoms with Gasteiger partial charge >= 0.3 is 0 Å². The van der Waals surface area contributed by atoms with Crippen molar-refractivity contribution in [2.75, 3.05) is 26.2 Å². The molecule has 0 aromatic heterocycles. The van der Waals surface area contributed by atoms with Gasteiger partial charge in [-0.25, -0.2) is 8.42 Å². The first kappa shape index (κ1) is 24.4. The van der Waals surface area contributed by atoms with Crippen LogP contribution < -0.4 is 4.72 Å². The fourth-order valence-corrected chi connectivity index (χ4v) is 6.22. The molecule has 2 aromatic carbocycles. The standard InChI is InChI=1S/C25H35N3O3S/c1-5-9-23(26-32(30,31)24-20(3)16-19(2)17-21(24)4)25(29)28-14-12-27(13-15-28)18-22-10-7-6-8-11-22/h6-8,10-11,16-17,23,26H,5,9,12-15,18H2,1-4H3. The Kier molecular flexibility index (Phi) is 8.09. The second-order valence-corrected chi connectivity index (χ2v) is 10.4. The third kappa shape index (κ3) is 5.97.